The Morgan fingerprint density at radius 2 is 2.17 bits per heavy atom. The van der Waals surface area contributed by atoms with E-state index in [1.807, 2.05) is 0 Å². The smallest absolute Gasteiger partial charge is 0.337 e. The summed E-state index contributed by atoms with van der Waals surface area (Å²) >= 11 is 6.31. The molecule has 18 heavy (non-hydrogen) atoms. The number of alkyl halides is 1. The van der Waals surface area contributed by atoms with E-state index in [1.54, 1.807) is 0 Å². The van der Waals surface area contributed by atoms with Crippen molar-refractivity contribution in [2.24, 2.45) is 0 Å². The lowest BCUT2D eigenvalue weighted by atomic mass is 10.1. The van der Waals surface area contributed by atoms with Crippen molar-refractivity contribution >= 4 is 49.4 Å². The Labute approximate surface area is 119 Å². The van der Waals surface area contributed by atoms with Crippen LogP contribution in [0.4, 0.5) is 10.1 Å². The van der Waals surface area contributed by atoms with E-state index in [0.717, 1.165) is 6.07 Å². The van der Waals surface area contributed by atoms with Gasteiger partial charge in [-0.2, -0.15) is 0 Å². The quantitative estimate of drug-likeness (QED) is 0.802. The molecule has 1 aromatic rings. The van der Waals surface area contributed by atoms with Gasteiger partial charge in [-0.3, -0.25) is 4.79 Å². The SMILES string of the molecule is O=C(O)c1cc(F)c(Br)cc1N1CC(Br)CC1=O. The molecule has 1 saturated heterocycles. The maximum Gasteiger partial charge on any atom is 0.337 e. The van der Waals surface area contributed by atoms with Gasteiger partial charge in [0.25, 0.3) is 0 Å². The molecule has 1 aliphatic rings. The lowest BCUT2D eigenvalue weighted by Gasteiger charge is -2.19. The fraction of sp³-hybridized carbons (Fsp3) is 0.273. The van der Waals surface area contributed by atoms with Crippen LogP contribution in [0.2, 0.25) is 0 Å². The summed E-state index contributed by atoms with van der Waals surface area (Å²) in [6.45, 7) is 0.372. The third-order valence-electron chi connectivity index (χ3n) is 2.64. The van der Waals surface area contributed by atoms with Crippen LogP contribution in [0.25, 0.3) is 0 Å². The van der Waals surface area contributed by atoms with E-state index >= 15 is 0 Å². The molecule has 1 heterocycles. The first-order valence-electron chi connectivity index (χ1n) is 5.07. The first-order chi connectivity index (χ1) is 8.40. The predicted molar refractivity (Wildman–Crippen MR) is 70.7 cm³/mol. The number of rotatable bonds is 2. The zero-order valence-corrected chi connectivity index (χ0v) is 12.2. The average Bonchev–Trinajstić information content (AvgIpc) is 2.61. The van der Waals surface area contributed by atoms with Crippen LogP contribution in [0, 0.1) is 5.82 Å². The number of hydrogen-bond acceptors (Lipinski definition) is 2. The highest BCUT2D eigenvalue weighted by Crippen LogP contribution is 2.32. The fourth-order valence-corrected chi connectivity index (χ4v) is 2.73. The van der Waals surface area contributed by atoms with Gasteiger partial charge < -0.3 is 10.0 Å². The largest absolute Gasteiger partial charge is 0.478 e. The summed E-state index contributed by atoms with van der Waals surface area (Å²) < 4.78 is 13.5. The molecule has 0 radical (unpaired) electrons. The number of nitrogens with zero attached hydrogens (tertiary/aromatic N) is 1. The lowest BCUT2D eigenvalue weighted by molar-refractivity contribution is -0.117. The van der Waals surface area contributed by atoms with Crippen LogP contribution in [0.15, 0.2) is 16.6 Å². The highest BCUT2D eigenvalue weighted by atomic mass is 79.9. The standard InChI is InChI=1S/C11H8Br2FNO3/c12-5-1-10(16)15(4-5)9-3-7(13)8(14)2-6(9)11(17)18/h2-3,5H,1,4H2,(H,17,18). The summed E-state index contributed by atoms with van der Waals surface area (Å²) in [5.41, 5.74) is -0.00613. The fourth-order valence-electron chi connectivity index (χ4n) is 1.83. The number of carboxylic acids is 1. The molecule has 1 unspecified atom stereocenters. The van der Waals surface area contributed by atoms with Crippen LogP contribution < -0.4 is 4.90 Å². The minimum absolute atomic E-state index is 0.0181. The number of aromatic carboxylic acids is 1. The van der Waals surface area contributed by atoms with Crippen molar-refractivity contribution in [1.29, 1.82) is 0 Å². The number of carbonyl (C=O) groups is 2. The summed E-state index contributed by atoms with van der Waals surface area (Å²) in [5, 5.41) is 9.06. The van der Waals surface area contributed by atoms with Crippen molar-refractivity contribution in [2.75, 3.05) is 11.4 Å². The summed E-state index contributed by atoms with van der Waals surface area (Å²) in [7, 11) is 0. The van der Waals surface area contributed by atoms with E-state index < -0.39 is 11.8 Å². The highest BCUT2D eigenvalue weighted by molar-refractivity contribution is 9.10. The van der Waals surface area contributed by atoms with E-state index in [0.29, 0.717) is 13.0 Å². The van der Waals surface area contributed by atoms with Crippen molar-refractivity contribution in [3.63, 3.8) is 0 Å². The van der Waals surface area contributed by atoms with Gasteiger partial charge in [-0.25, -0.2) is 9.18 Å². The molecule has 0 aromatic heterocycles. The zero-order valence-electron chi connectivity index (χ0n) is 8.99. The molecule has 7 heteroatoms. The van der Waals surface area contributed by atoms with Crippen LogP contribution >= 0.6 is 31.9 Å². The molecular weight excluding hydrogens is 373 g/mol. The molecule has 0 aliphatic carbocycles. The molecule has 0 spiro atoms. The Hall–Kier alpha value is -0.950. The minimum Gasteiger partial charge on any atom is -0.478 e. The van der Waals surface area contributed by atoms with Crippen molar-refractivity contribution in [1.82, 2.24) is 0 Å². The van der Waals surface area contributed by atoms with Gasteiger partial charge in [0.05, 0.1) is 15.7 Å². The number of carbonyl (C=O) groups excluding carboxylic acids is 1. The molecule has 4 nitrogen and oxygen atoms in total. The number of halogens is 3. The van der Waals surface area contributed by atoms with E-state index in [4.69, 9.17) is 5.11 Å². The van der Waals surface area contributed by atoms with Crippen molar-refractivity contribution < 1.29 is 19.1 Å². The number of anilines is 1. The van der Waals surface area contributed by atoms with Crippen LogP contribution in [-0.4, -0.2) is 28.4 Å². The van der Waals surface area contributed by atoms with Crippen LogP contribution in [0.3, 0.4) is 0 Å². The maximum atomic E-state index is 13.4. The second-order valence-electron chi connectivity index (χ2n) is 3.89. The van der Waals surface area contributed by atoms with Gasteiger partial charge in [0.1, 0.15) is 5.82 Å². The van der Waals surface area contributed by atoms with E-state index in [-0.39, 0.29) is 26.5 Å². The maximum absolute atomic E-state index is 13.4. The number of benzene rings is 1. The Balaban J connectivity index is 2.52. The molecule has 1 fully saturated rings. The van der Waals surface area contributed by atoms with Crippen LogP contribution in [0.1, 0.15) is 16.8 Å². The third kappa shape index (κ3) is 2.42. The summed E-state index contributed by atoms with van der Waals surface area (Å²) in [5.74, 6) is -2.11. The number of hydrogen-bond donors (Lipinski definition) is 1. The normalized spacial score (nSPS) is 19.4. The van der Waals surface area contributed by atoms with Crippen molar-refractivity contribution in [3.8, 4) is 0 Å². The summed E-state index contributed by atoms with van der Waals surface area (Å²) in [4.78, 5) is 24.2. The molecule has 0 bridgehead atoms. The van der Waals surface area contributed by atoms with Crippen LogP contribution in [-0.2, 0) is 4.79 Å². The molecule has 96 valence electrons. The van der Waals surface area contributed by atoms with E-state index in [2.05, 4.69) is 31.9 Å². The van der Waals surface area contributed by atoms with Gasteiger partial charge in [0.15, 0.2) is 0 Å². The Morgan fingerprint density at radius 3 is 2.67 bits per heavy atom. The number of carboxylic acid groups (broad SMARTS) is 1. The highest BCUT2D eigenvalue weighted by Gasteiger charge is 2.32. The molecule has 1 N–H and O–H groups in total. The average molecular weight is 381 g/mol. The van der Waals surface area contributed by atoms with Gasteiger partial charge in [-0.05, 0) is 28.1 Å². The molecule has 1 atom stereocenters. The molecule has 2 rings (SSSR count). The predicted octanol–water partition coefficient (Wildman–Crippen LogP) is 2.79. The minimum atomic E-state index is -1.26. The van der Waals surface area contributed by atoms with Gasteiger partial charge in [-0.15, -0.1) is 0 Å². The van der Waals surface area contributed by atoms with E-state index in [1.165, 1.54) is 11.0 Å². The second kappa shape index (κ2) is 4.97. The number of amides is 1. The van der Waals surface area contributed by atoms with Gasteiger partial charge in [0.2, 0.25) is 5.91 Å². The molecule has 1 aliphatic heterocycles. The van der Waals surface area contributed by atoms with Gasteiger partial charge >= 0.3 is 5.97 Å². The molecule has 1 amide bonds. The monoisotopic (exact) mass is 379 g/mol. The first kappa shape index (κ1) is 13.5. The second-order valence-corrected chi connectivity index (χ2v) is 6.04. The molecule has 1 aromatic carbocycles. The third-order valence-corrected chi connectivity index (χ3v) is 3.86. The Morgan fingerprint density at radius 1 is 1.50 bits per heavy atom. The Bertz CT molecular complexity index is 535. The lowest BCUT2D eigenvalue weighted by Crippen LogP contribution is -2.26. The summed E-state index contributed by atoms with van der Waals surface area (Å²) in [6.07, 6.45) is 0.300. The Kier molecular flexibility index (Phi) is 3.72. The van der Waals surface area contributed by atoms with Gasteiger partial charge in [-0.1, -0.05) is 15.9 Å². The molecular formula is C11H8Br2FNO3. The van der Waals surface area contributed by atoms with Crippen molar-refractivity contribution in [3.05, 3.63) is 28.0 Å². The summed E-state index contributed by atoms with van der Waals surface area (Å²) in [6, 6.07) is 2.23. The zero-order chi connectivity index (χ0) is 13.4. The van der Waals surface area contributed by atoms with Crippen LogP contribution in [0.5, 0.6) is 0 Å². The topological polar surface area (TPSA) is 57.6 Å². The molecule has 0 saturated carbocycles. The first-order valence-corrected chi connectivity index (χ1v) is 6.77. The van der Waals surface area contributed by atoms with E-state index in [9.17, 15) is 14.0 Å². The van der Waals surface area contributed by atoms with Gasteiger partial charge in [0, 0.05) is 17.8 Å². The van der Waals surface area contributed by atoms with Crippen molar-refractivity contribution in [2.45, 2.75) is 11.2 Å².